The first-order chi connectivity index (χ1) is 15.8. The molecule has 0 unspecified atom stereocenters. The fraction of sp³-hybridized carbons (Fsp3) is 0.552. The van der Waals surface area contributed by atoms with Crippen LogP contribution in [0.25, 0.3) is 11.1 Å². The molecule has 2 aliphatic rings. The van der Waals surface area contributed by atoms with Crippen molar-refractivity contribution >= 4 is 5.97 Å². The SMILES string of the molecule is CC(C)(C)[C@H]1CC[C@H](Oc2ccc(-c3ccc(CN4CCC(C(=O)O)CC4)cc3)cc2)CC1. The third-order valence-corrected chi connectivity index (χ3v) is 7.69. The molecular formula is C29H39NO3. The number of carboxylic acid groups (broad SMARTS) is 1. The van der Waals surface area contributed by atoms with Crippen LogP contribution in [-0.4, -0.2) is 35.2 Å². The maximum Gasteiger partial charge on any atom is 0.306 e. The fourth-order valence-electron chi connectivity index (χ4n) is 5.36. The molecule has 33 heavy (non-hydrogen) atoms. The molecule has 2 aromatic rings. The van der Waals surface area contributed by atoms with Crippen molar-refractivity contribution in [3.05, 3.63) is 54.1 Å². The van der Waals surface area contributed by atoms with E-state index in [0.717, 1.165) is 57.0 Å². The number of hydrogen-bond donors (Lipinski definition) is 1. The lowest BCUT2D eigenvalue weighted by molar-refractivity contribution is -0.143. The van der Waals surface area contributed by atoms with Gasteiger partial charge in [0.05, 0.1) is 12.0 Å². The highest BCUT2D eigenvalue weighted by molar-refractivity contribution is 5.70. The van der Waals surface area contributed by atoms with Gasteiger partial charge in [0.15, 0.2) is 0 Å². The fourth-order valence-corrected chi connectivity index (χ4v) is 5.36. The van der Waals surface area contributed by atoms with E-state index >= 15 is 0 Å². The summed E-state index contributed by atoms with van der Waals surface area (Å²) >= 11 is 0. The standard InChI is InChI=1S/C29H39NO3/c1-29(2,3)25-10-14-27(15-11-25)33-26-12-8-23(9-13-26)22-6-4-21(5-7-22)20-30-18-16-24(17-19-30)28(31)32/h4-9,12-13,24-25,27H,10-11,14-20H2,1-3H3,(H,31,32)/t25-,27-. The minimum Gasteiger partial charge on any atom is -0.490 e. The van der Waals surface area contributed by atoms with E-state index in [9.17, 15) is 4.79 Å². The lowest BCUT2D eigenvalue weighted by atomic mass is 9.72. The van der Waals surface area contributed by atoms with Crippen LogP contribution in [0.4, 0.5) is 0 Å². The Kier molecular flexibility index (Phi) is 7.43. The minimum absolute atomic E-state index is 0.172. The smallest absolute Gasteiger partial charge is 0.306 e. The first-order valence-electron chi connectivity index (χ1n) is 12.6. The van der Waals surface area contributed by atoms with Crippen molar-refractivity contribution < 1.29 is 14.6 Å². The van der Waals surface area contributed by atoms with Gasteiger partial charge in [0.2, 0.25) is 0 Å². The Balaban J connectivity index is 1.27. The largest absolute Gasteiger partial charge is 0.490 e. The third kappa shape index (κ3) is 6.38. The quantitative estimate of drug-likeness (QED) is 0.537. The van der Waals surface area contributed by atoms with E-state index < -0.39 is 5.97 Å². The molecule has 0 atom stereocenters. The van der Waals surface area contributed by atoms with E-state index in [2.05, 4.69) is 74.2 Å². The summed E-state index contributed by atoms with van der Waals surface area (Å²) in [5.41, 5.74) is 4.09. The number of benzene rings is 2. The molecule has 0 bridgehead atoms. The molecule has 1 aliphatic carbocycles. The van der Waals surface area contributed by atoms with Crippen molar-refractivity contribution in [1.29, 1.82) is 0 Å². The average Bonchev–Trinajstić information content (AvgIpc) is 2.80. The number of carboxylic acids is 1. The topological polar surface area (TPSA) is 49.8 Å². The van der Waals surface area contributed by atoms with E-state index in [1.807, 2.05) is 0 Å². The minimum atomic E-state index is -0.650. The highest BCUT2D eigenvalue weighted by atomic mass is 16.5. The van der Waals surface area contributed by atoms with Gasteiger partial charge in [-0.2, -0.15) is 0 Å². The highest BCUT2D eigenvalue weighted by Gasteiger charge is 2.30. The average molecular weight is 450 g/mol. The predicted octanol–water partition coefficient (Wildman–Crippen LogP) is 6.63. The van der Waals surface area contributed by atoms with E-state index in [0.29, 0.717) is 11.5 Å². The number of aliphatic carboxylic acids is 1. The van der Waals surface area contributed by atoms with Gasteiger partial charge in [-0.15, -0.1) is 0 Å². The lowest BCUT2D eigenvalue weighted by Gasteiger charge is -2.36. The maximum absolute atomic E-state index is 11.1. The second-order valence-corrected chi connectivity index (χ2v) is 11.1. The van der Waals surface area contributed by atoms with Crippen molar-refractivity contribution in [3.63, 3.8) is 0 Å². The molecule has 4 nitrogen and oxygen atoms in total. The number of likely N-dealkylation sites (tertiary alicyclic amines) is 1. The van der Waals surface area contributed by atoms with Crippen molar-refractivity contribution in [2.75, 3.05) is 13.1 Å². The summed E-state index contributed by atoms with van der Waals surface area (Å²) < 4.78 is 6.29. The van der Waals surface area contributed by atoms with Crippen molar-refractivity contribution in [2.45, 2.75) is 71.9 Å². The lowest BCUT2D eigenvalue weighted by Crippen LogP contribution is -2.35. The van der Waals surface area contributed by atoms with Gasteiger partial charge in [-0.1, -0.05) is 57.2 Å². The number of nitrogens with zero attached hydrogens (tertiary/aromatic N) is 1. The summed E-state index contributed by atoms with van der Waals surface area (Å²) in [5.74, 6) is 0.955. The number of hydrogen-bond acceptors (Lipinski definition) is 3. The Morgan fingerprint density at radius 1 is 0.879 bits per heavy atom. The molecule has 1 saturated heterocycles. The first kappa shape index (κ1) is 23.8. The second-order valence-electron chi connectivity index (χ2n) is 11.1. The molecule has 4 heteroatoms. The van der Waals surface area contributed by atoms with Crippen LogP contribution in [0.5, 0.6) is 5.75 Å². The zero-order valence-corrected chi connectivity index (χ0v) is 20.4. The maximum atomic E-state index is 11.1. The molecule has 1 N–H and O–H groups in total. The van der Waals surface area contributed by atoms with Crippen LogP contribution < -0.4 is 4.74 Å². The molecule has 0 amide bonds. The molecule has 1 saturated carbocycles. The second kappa shape index (κ2) is 10.3. The van der Waals surface area contributed by atoms with Crippen LogP contribution in [0.1, 0.15) is 64.9 Å². The molecule has 1 heterocycles. The van der Waals surface area contributed by atoms with E-state index in [-0.39, 0.29) is 5.92 Å². The molecule has 0 spiro atoms. The Morgan fingerprint density at radius 3 is 1.94 bits per heavy atom. The van der Waals surface area contributed by atoms with Gasteiger partial charge in [-0.3, -0.25) is 9.69 Å². The first-order valence-corrected chi connectivity index (χ1v) is 12.6. The van der Waals surface area contributed by atoms with Crippen molar-refractivity contribution in [1.82, 2.24) is 4.90 Å². The summed E-state index contributed by atoms with van der Waals surface area (Å²) in [6, 6.07) is 17.3. The van der Waals surface area contributed by atoms with Crippen LogP contribution in [0, 0.1) is 17.3 Å². The van der Waals surface area contributed by atoms with Gasteiger partial charge in [0, 0.05) is 6.54 Å². The van der Waals surface area contributed by atoms with Gasteiger partial charge < -0.3 is 9.84 Å². The van der Waals surface area contributed by atoms with Gasteiger partial charge in [0.1, 0.15) is 5.75 Å². The molecule has 2 fully saturated rings. The van der Waals surface area contributed by atoms with Crippen LogP contribution in [0.2, 0.25) is 0 Å². The highest BCUT2D eigenvalue weighted by Crippen LogP contribution is 2.39. The molecule has 1 aliphatic heterocycles. The van der Waals surface area contributed by atoms with Gasteiger partial charge in [0.25, 0.3) is 0 Å². The van der Waals surface area contributed by atoms with Gasteiger partial charge >= 0.3 is 5.97 Å². The Morgan fingerprint density at radius 2 is 1.42 bits per heavy atom. The van der Waals surface area contributed by atoms with E-state index in [4.69, 9.17) is 9.84 Å². The summed E-state index contributed by atoms with van der Waals surface area (Å²) in [7, 11) is 0. The third-order valence-electron chi connectivity index (χ3n) is 7.69. The molecule has 0 radical (unpaired) electrons. The van der Waals surface area contributed by atoms with Gasteiger partial charge in [-0.05, 0) is 91.8 Å². The molecular weight excluding hydrogens is 410 g/mol. The van der Waals surface area contributed by atoms with E-state index in [1.54, 1.807) is 0 Å². The van der Waals surface area contributed by atoms with Crippen LogP contribution in [0.15, 0.2) is 48.5 Å². The van der Waals surface area contributed by atoms with Crippen LogP contribution >= 0.6 is 0 Å². The number of piperidine rings is 1. The molecule has 0 aromatic heterocycles. The normalized spacial score (nSPS) is 22.8. The van der Waals surface area contributed by atoms with Gasteiger partial charge in [-0.25, -0.2) is 0 Å². The Labute approximate surface area is 199 Å². The van der Waals surface area contributed by atoms with Crippen molar-refractivity contribution in [3.8, 4) is 16.9 Å². The summed E-state index contributed by atoms with van der Waals surface area (Å²) in [5, 5.41) is 9.16. The Bertz CT molecular complexity index is 897. The number of carbonyl (C=O) groups is 1. The van der Waals surface area contributed by atoms with E-state index in [1.165, 1.54) is 29.5 Å². The predicted molar refractivity (Wildman–Crippen MR) is 133 cm³/mol. The van der Waals surface area contributed by atoms with Crippen LogP contribution in [0.3, 0.4) is 0 Å². The molecule has 2 aromatic carbocycles. The zero-order valence-electron chi connectivity index (χ0n) is 20.4. The Hall–Kier alpha value is -2.33. The van der Waals surface area contributed by atoms with Crippen LogP contribution in [-0.2, 0) is 11.3 Å². The zero-order chi connectivity index (χ0) is 23.4. The summed E-state index contributed by atoms with van der Waals surface area (Å²) in [4.78, 5) is 13.5. The monoisotopic (exact) mass is 449 g/mol. The summed E-state index contributed by atoms with van der Waals surface area (Å²) in [6.45, 7) is 9.67. The van der Waals surface area contributed by atoms with Crippen molar-refractivity contribution in [2.24, 2.45) is 17.3 Å². The molecule has 178 valence electrons. The number of ether oxygens (including phenoxy) is 1. The number of rotatable bonds is 6. The summed E-state index contributed by atoms with van der Waals surface area (Å²) in [6.07, 6.45) is 6.67. The molecule has 4 rings (SSSR count).